The number of halogens is 2. The predicted octanol–water partition coefficient (Wildman–Crippen LogP) is 6.04. The van der Waals surface area contributed by atoms with Crippen LogP contribution in [-0.2, 0) is 6.54 Å². The lowest BCUT2D eigenvalue weighted by Gasteiger charge is -2.16. The van der Waals surface area contributed by atoms with E-state index < -0.39 is 0 Å². The first kappa shape index (κ1) is 18.2. The first-order valence-corrected chi connectivity index (χ1v) is 9.94. The van der Waals surface area contributed by atoms with Crippen molar-refractivity contribution in [3.8, 4) is 5.75 Å². The van der Waals surface area contributed by atoms with Crippen molar-refractivity contribution in [2.24, 2.45) is 0 Å². The number of nitrogens with zero attached hydrogens (tertiary/aromatic N) is 2. The van der Waals surface area contributed by atoms with Crippen molar-refractivity contribution in [1.29, 1.82) is 0 Å². The lowest BCUT2D eigenvalue weighted by molar-refractivity contribution is -0.678. The Morgan fingerprint density at radius 1 is 1.04 bits per heavy atom. The zero-order chi connectivity index (χ0) is 19.0. The SMILES string of the molecule is CCCN1C(=Cc2oc3ccc(Cl)cc3[n+]2CCC)Oc2ccc(Cl)cc21. The van der Waals surface area contributed by atoms with Gasteiger partial charge in [0.25, 0.3) is 5.52 Å². The van der Waals surface area contributed by atoms with Gasteiger partial charge < -0.3 is 14.1 Å². The number of hydrogen-bond acceptors (Lipinski definition) is 3. The molecule has 4 rings (SSSR count). The van der Waals surface area contributed by atoms with Crippen LogP contribution in [-0.4, -0.2) is 6.54 Å². The molecule has 27 heavy (non-hydrogen) atoms. The number of hydrogen-bond donors (Lipinski definition) is 0. The number of benzene rings is 2. The van der Waals surface area contributed by atoms with Crippen LogP contribution in [0.3, 0.4) is 0 Å². The molecule has 0 aliphatic carbocycles. The van der Waals surface area contributed by atoms with Gasteiger partial charge in [-0.05, 0) is 36.8 Å². The fourth-order valence-corrected chi connectivity index (χ4v) is 3.71. The molecule has 0 unspecified atom stereocenters. The Hall–Kier alpha value is -2.17. The Labute approximate surface area is 168 Å². The van der Waals surface area contributed by atoms with E-state index in [-0.39, 0.29) is 0 Å². The van der Waals surface area contributed by atoms with E-state index in [2.05, 4.69) is 23.3 Å². The van der Waals surface area contributed by atoms with E-state index in [0.717, 1.165) is 60.2 Å². The molecular weight excluding hydrogens is 383 g/mol. The van der Waals surface area contributed by atoms with Crippen LogP contribution in [0.25, 0.3) is 17.2 Å². The monoisotopic (exact) mass is 403 g/mol. The van der Waals surface area contributed by atoms with Crippen molar-refractivity contribution in [3.63, 3.8) is 0 Å². The molecule has 6 heteroatoms. The minimum absolute atomic E-state index is 0.694. The smallest absolute Gasteiger partial charge is 0.379 e. The molecule has 3 aromatic rings. The maximum Gasteiger partial charge on any atom is 0.379 e. The molecule has 0 saturated heterocycles. The molecule has 0 amide bonds. The molecule has 0 spiro atoms. The summed E-state index contributed by atoms with van der Waals surface area (Å²) in [5.74, 6) is 2.29. The summed E-state index contributed by atoms with van der Waals surface area (Å²) in [4.78, 5) is 2.14. The molecule has 4 nitrogen and oxygen atoms in total. The standard InChI is InChI=1S/C21H21Cl2N2O2/c1-3-9-24-16-11-14(22)5-7-18(16)26-20(24)13-21-25(10-4-2)17-12-15(23)6-8-19(17)27-21/h5-8,11-13H,3-4,9-10H2,1-2H3/q+1. The second kappa shape index (κ2) is 7.45. The highest BCUT2D eigenvalue weighted by Gasteiger charge is 2.29. The van der Waals surface area contributed by atoms with E-state index in [4.69, 9.17) is 32.4 Å². The van der Waals surface area contributed by atoms with E-state index in [9.17, 15) is 0 Å². The molecule has 1 aliphatic rings. The third-order valence-electron chi connectivity index (χ3n) is 4.53. The van der Waals surface area contributed by atoms with Crippen molar-refractivity contribution in [1.82, 2.24) is 0 Å². The van der Waals surface area contributed by atoms with Gasteiger partial charge in [-0.2, -0.15) is 4.57 Å². The number of fused-ring (bicyclic) bond motifs is 2. The summed E-state index contributed by atoms with van der Waals surface area (Å²) in [5, 5.41) is 1.39. The number of anilines is 1. The summed E-state index contributed by atoms with van der Waals surface area (Å²) in [6, 6.07) is 11.4. The molecule has 0 fully saturated rings. The average Bonchev–Trinajstić information content (AvgIpc) is 3.15. The Kier molecular flexibility index (Phi) is 5.02. The zero-order valence-corrected chi connectivity index (χ0v) is 16.8. The first-order valence-electron chi connectivity index (χ1n) is 9.19. The molecule has 1 aliphatic heterocycles. The number of aromatic nitrogens is 1. The summed E-state index contributed by atoms with van der Waals surface area (Å²) in [5.41, 5.74) is 2.77. The van der Waals surface area contributed by atoms with Crippen LogP contribution in [0.4, 0.5) is 5.69 Å². The molecule has 0 saturated carbocycles. The van der Waals surface area contributed by atoms with Gasteiger partial charge in [-0.25, -0.2) is 0 Å². The molecule has 0 bridgehead atoms. The maximum atomic E-state index is 6.19. The van der Waals surface area contributed by atoms with Gasteiger partial charge in [-0.3, -0.25) is 0 Å². The van der Waals surface area contributed by atoms with Crippen molar-refractivity contribution in [2.75, 3.05) is 11.4 Å². The number of rotatable bonds is 5. The number of aryl methyl sites for hydroxylation is 1. The van der Waals surface area contributed by atoms with Gasteiger partial charge in [0.2, 0.25) is 11.5 Å². The van der Waals surface area contributed by atoms with Gasteiger partial charge in [0, 0.05) is 29.1 Å². The number of ether oxygens (including phenoxy) is 1. The normalized spacial score (nSPS) is 14.8. The van der Waals surface area contributed by atoms with Gasteiger partial charge in [0.05, 0.1) is 5.69 Å². The van der Waals surface area contributed by atoms with E-state index >= 15 is 0 Å². The molecule has 0 radical (unpaired) electrons. The van der Waals surface area contributed by atoms with Crippen LogP contribution in [0.15, 0.2) is 46.7 Å². The lowest BCUT2D eigenvalue weighted by atomic mass is 10.2. The van der Waals surface area contributed by atoms with Gasteiger partial charge >= 0.3 is 5.89 Å². The van der Waals surface area contributed by atoms with E-state index in [1.807, 2.05) is 42.5 Å². The number of oxazole rings is 1. The van der Waals surface area contributed by atoms with Crippen molar-refractivity contribution in [2.45, 2.75) is 33.2 Å². The molecule has 140 valence electrons. The highest BCUT2D eigenvalue weighted by molar-refractivity contribution is 6.31. The average molecular weight is 404 g/mol. The maximum absolute atomic E-state index is 6.19. The van der Waals surface area contributed by atoms with E-state index in [0.29, 0.717) is 10.0 Å². The molecule has 2 aromatic carbocycles. The molecule has 0 atom stereocenters. The van der Waals surface area contributed by atoms with Crippen molar-refractivity contribution in [3.05, 3.63) is 58.2 Å². The van der Waals surface area contributed by atoms with Crippen LogP contribution < -0.4 is 14.2 Å². The minimum atomic E-state index is 0.694. The van der Waals surface area contributed by atoms with Crippen LogP contribution in [0.5, 0.6) is 5.75 Å². The van der Waals surface area contributed by atoms with Gasteiger partial charge in [0.1, 0.15) is 6.08 Å². The van der Waals surface area contributed by atoms with E-state index in [1.54, 1.807) is 0 Å². The van der Waals surface area contributed by atoms with Crippen LogP contribution in [0.2, 0.25) is 10.0 Å². The summed E-state index contributed by atoms with van der Waals surface area (Å²) in [6.45, 7) is 5.94. The summed E-state index contributed by atoms with van der Waals surface area (Å²) >= 11 is 12.4. The highest BCUT2D eigenvalue weighted by Crippen LogP contribution is 2.41. The second-order valence-corrected chi connectivity index (χ2v) is 7.43. The van der Waals surface area contributed by atoms with Crippen LogP contribution in [0.1, 0.15) is 32.6 Å². The molecule has 2 heterocycles. The van der Waals surface area contributed by atoms with Gasteiger partial charge in [0.15, 0.2) is 12.3 Å². The van der Waals surface area contributed by atoms with E-state index in [1.165, 1.54) is 0 Å². The Balaban J connectivity index is 1.82. The zero-order valence-electron chi connectivity index (χ0n) is 15.3. The largest absolute Gasteiger partial charge is 0.438 e. The van der Waals surface area contributed by atoms with Crippen molar-refractivity contribution >= 4 is 46.1 Å². The topological polar surface area (TPSA) is 29.5 Å². The second-order valence-electron chi connectivity index (χ2n) is 6.55. The summed E-state index contributed by atoms with van der Waals surface area (Å²) in [7, 11) is 0. The van der Waals surface area contributed by atoms with Crippen LogP contribution >= 0.6 is 23.2 Å². The minimum Gasteiger partial charge on any atom is -0.438 e. The summed E-state index contributed by atoms with van der Waals surface area (Å²) < 4.78 is 14.4. The van der Waals surface area contributed by atoms with Gasteiger partial charge in [-0.1, -0.05) is 37.0 Å². The van der Waals surface area contributed by atoms with Crippen molar-refractivity contribution < 1.29 is 13.7 Å². The molecule has 0 N–H and O–H groups in total. The quantitative estimate of drug-likeness (QED) is 0.485. The fourth-order valence-electron chi connectivity index (χ4n) is 3.38. The Morgan fingerprint density at radius 3 is 2.59 bits per heavy atom. The summed E-state index contributed by atoms with van der Waals surface area (Å²) in [6.07, 6.45) is 3.92. The molecule has 1 aromatic heterocycles. The Morgan fingerprint density at radius 2 is 1.81 bits per heavy atom. The van der Waals surface area contributed by atoms with Crippen LogP contribution in [0, 0.1) is 0 Å². The third-order valence-corrected chi connectivity index (χ3v) is 5.00. The van der Waals surface area contributed by atoms with Gasteiger partial charge in [-0.15, -0.1) is 0 Å². The first-order chi connectivity index (χ1) is 13.1. The predicted molar refractivity (Wildman–Crippen MR) is 109 cm³/mol. The highest BCUT2D eigenvalue weighted by atomic mass is 35.5. The fraction of sp³-hybridized carbons (Fsp3) is 0.286. The Bertz CT molecular complexity index is 1030. The molecular formula is C21H21Cl2N2O2+. The lowest BCUT2D eigenvalue weighted by Crippen LogP contribution is -2.35. The third kappa shape index (κ3) is 3.40.